The fourth-order valence-corrected chi connectivity index (χ4v) is 1.75. The van der Waals surface area contributed by atoms with Crippen LogP contribution in [-0.2, 0) is 9.59 Å². The summed E-state index contributed by atoms with van der Waals surface area (Å²) in [5.74, 6) is 0.0844. The van der Waals surface area contributed by atoms with Crippen LogP contribution in [0.2, 0.25) is 0 Å². The molecule has 0 aliphatic rings. The van der Waals surface area contributed by atoms with Gasteiger partial charge in [0.25, 0.3) is 0 Å². The Balaban J connectivity index is 3.84. The molecule has 0 saturated carbocycles. The van der Waals surface area contributed by atoms with Gasteiger partial charge in [0, 0.05) is 12.3 Å². The topological polar surface area (TPSA) is 92.4 Å². The Kier molecular flexibility index (Phi) is 8.64. The highest BCUT2D eigenvalue weighted by Crippen LogP contribution is 2.04. The molecule has 0 bridgehead atoms. The van der Waals surface area contributed by atoms with Crippen molar-refractivity contribution in [2.24, 2.45) is 5.73 Å². The van der Waals surface area contributed by atoms with Gasteiger partial charge in [0.1, 0.15) is 6.04 Å². The molecule has 0 fully saturated rings. The first-order valence-corrected chi connectivity index (χ1v) is 6.31. The van der Waals surface area contributed by atoms with Crippen molar-refractivity contribution in [1.29, 1.82) is 0 Å². The molecule has 88 valence electrons. The quantitative estimate of drug-likeness (QED) is 0.347. The molecule has 0 aromatic rings. The number of hydrogen-bond donors (Lipinski definition) is 4. The summed E-state index contributed by atoms with van der Waals surface area (Å²) in [6, 6.07) is -0.824. The lowest BCUT2D eigenvalue weighted by Crippen LogP contribution is -2.41. The monoisotopic (exact) mass is 252 g/mol. The number of thioether (sulfide) groups is 1. The molecule has 4 N–H and O–H groups in total. The molecule has 0 heterocycles. The number of carboxylic acid groups (broad SMARTS) is 1. The summed E-state index contributed by atoms with van der Waals surface area (Å²) in [4.78, 5) is 21.7. The van der Waals surface area contributed by atoms with Gasteiger partial charge >= 0.3 is 5.97 Å². The van der Waals surface area contributed by atoms with Crippen LogP contribution in [0.3, 0.4) is 0 Å². The van der Waals surface area contributed by atoms with Crippen molar-refractivity contribution in [3.8, 4) is 0 Å². The zero-order valence-corrected chi connectivity index (χ0v) is 10.0. The summed E-state index contributed by atoms with van der Waals surface area (Å²) in [5, 5.41) is 11.2. The maximum absolute atomic E-state index is 10.9. The van der Waals surface area contributed by atoms with E-state index in [1.54, 1.807) is 11.8 Å². The molecule has 0 saturated heterocycles. The molecular weight excluding hydrogens is 236 g/mol. The SMILES string of the molecule is NCCSCCC(NC(=O)CS)C(=O)O. The van der Waals surface area contributed by atoms with Crippen molar-refractivity contribution in [2.75, 3.05) is 23.8 Å². The minimum absolute atomic E-state index is 0.000275. The van der Waals surface area contributed by atoms with Gasteiger partial charge in [-0.05, 0) is 12.2 Å². The van der Waals surface area contributed by atoms with Gasteiger partial charge in [-0.15, -0.1) is 0 Å². The van der Waals surface area contributed by atoms with E-state index in [4.69, 9.17) is 10.8 Å². The van der Waals surface area contributed by atoms with E-state index in [0.29, 0.717) is 18.7 Å². The van der Waals surface area contributed by atoms with Crippen molar-refractivity contribution >= 4 is 36.3 Å². The fraction of sp³-hybridized carbons (Fsp3) is 0.750. The number of rotatable bonds is 8. The number of nitrogens with two attached hydrogens (primary N) is 1. The Morgan fingerprint density at radius 3 is 2.60 bits per heavy atom. The van der Waals surface area contributed by atoms with Gasteiger partial charge in [-0.25, -0.2) is 4.79 Å². The van der Waals surface area contributed by atoms with Crippen LogP contribution in [-0.4, -0.2) is 46.8 Å². The molecule has 7 heteroatoms. The van der Waals surface area contributed by atoms with Crippen molar-refractivity contribution in [1.82, 2.24) is 5.32 Å². The molecule has 0 aromatic heterocycles. The number of hydrogen-bond acceptors (Lipinski definition) is 5. The molecule has 15 heavy (non-hydrogen) atoms. The molecule has 0 aromatic carbocycles. The maximum Gasteiger partial charge on any atom is 0.326 e. The van der Waals surface area contributed by atoms with Crippen molar-refractivity contribution in [3.63, 3.8) is 0 Å². The van der Waals surface area contributed by atoms with E-state index >= 15 is 0 Å². The first-order chi connectivity index (χ1) is 7.11. The van der Waals surface area contributed by atoms with Crippen molar-refractivity contribution in [2.45, 2.75) is 12.5 Å². The standard InChI is InChI=1S/C8H16N2O3S2/c9-2-4-15-3-1-6(8(12)13)10-7(11)5-14/h6,14H,1-5,9H2,(H,10,11)(H,12,13). The predicted molar refractivity (Wildman–Crippen MR) is 64.4 cm³/mol. The second-order valence-corrected chi connectivity index (χ2v) is 4.35. The molecule has 0 aliphatic carbocycles. The van der Waals surface area contributed by atoms with Crippen LogP contribution < -0.4 is 11.1 Å². The van der Waals surface area contributed by atoms with E-state index in [1.807, 2.05) is 0 Å². The number of carbonyl (C=O) groups excluding carboxylic acids is 1. The van der Waals surface area contributed by atoms with Gasteiger partial charge in [-0.2, -0.15) is 24.4 Å². The summed E-state index contributed by atoms with van der Waals surface area (Å²) in [6.07, 6.45) is 0.402. The second-order valence-electron chi connectivity index (χ2n) is 2.81. The number of aliphatic carboxylic acids is 1. The first-order valence-electron chi connectivity index (χ1n) is 4.52. The van der Waals surface area contributed by atoms with E-state index in [1.165, 1.54) is 0 Å². The fourth-order valence-electron chi connectivity index (χ4n) is 0.884. The number of carbonyl (C=O) groups is 2. The van der Waals surface area contributed by atoms with Crippen LogP contribution in [0.4, 0.5) is 0 Å². The summed E-state index contributed by atoms with van der Waals surface area (Å²) < 4.78 is 0. The van der Waals surface area contributed by atoms with Gasteiger partial charge in [-0.3, -0.25) is 4.79 Å². The van der Waals surface area contributed by atoms with E-state index in [-0.39, 0.29) is 11.7 Å². The number of nitrogens with one attached hydrogen (secondary N) is 1. The average molecular weight is 252 g/mol. The highest BCUT2D eigenvalue weighted by Gasteiger charge is 2.18. The normalized spacial score (nSPS) is 12.1. The first kappa shape index (κ1) is 14.6. The van der Waals surface area contributed by atoms with Crippen LogP contribution >= 0.6 is 24.4 Å². The Morgan fingerprint density at radius 2 is 2.13 bits per heavy atom. The molecule has 0 rings (SSSR count). The highest BCUT2D eigenvalue weighted by molar-refractivity contribution is 7.99. The molecule has 1 atom stereocenters. The lowest BCUT2D eigenvalue weighted by molar-refractivity contribution is -0.141. The molecular formula is C8H16N2O3S2. The van der Waals surface area contributed by atoms with E-state index in [0.717, 1.165) is 5.75 Å². The van der Waals surface area contributed by atoms with E-state index in [2.05, 4.69) is 17.9 Å². The predicted octanol–water partition coefficient (Wildman–Crippen LogP) is -0.432. The smallest absolute Gasteiger partial charge is 0.326 e. The van der Waals surface area contributed by atoms with Gasteiger partial charge in [0.05, 0.1) is 5.75 Å². The lowest BCUT2D eigenvalue weighted by atomic mass is 10.2. The van der Waals surface area contributed by atoms with Crippen LogP contribution in [0.15, 0.2) is 0 Å². The van der Waals surface area contributed by atoms with Gasteiger partial charge in [0.15, 0.2) is 0 Å². The summed E-state index contributed by atoms with van der Waals surface area (Å²) in [6.45, 7) is 0.575. The van der Waals surface area contributed by atoms with Crippen LogP contribution in [0, 0.1) is 0 Å². The van der Waals surface area contributed by atoms with Gasteiger partial charge < -0.3 is 16.2 Å². The Labute approximate surface area is 98.6 Å². The number of amides is 1. The van der Waals surface area contributed by atoms with Gasteiger partial charge in [-0.1, -0.05) is 0 Å². The molecule has 1 amide bonds. The van der Waals surface area contributed by atoms with Crippen molar-refractivity contribution in [3.05, 3.63) is 0 Å². The Hall–Kier alpha value is -0.400. The van der Waals surface area contributed by atoms with E-state index in [9.17, 15) is 9.59 Å². The Bertz CT molecular complexity index is 214. The second kappa shape index (κ2) is 8.87. The Morgan fingerprint density at radius 1 is 1.47 bits per heavy atom. The molecule has 0 spiro atoms. The van der Waals surface area contributed by atoms with Crippen LogP contribution in [0.1, 0.15) is 6.42 Å². The minimum atomic E-state index is -1.02. The third kappa shape index (κ3) is 7.52. The summed E-state index contributed by atoms with van der Waals surface area (Å²) in [5.41, 5.74) is 5.29. The van der Waals surface area contributed by atoms with Crippen LogP contribution in [0.25, 0.3) is 0 Å². The number of carboxylic acids is 1. The molecule has 0 aliphatic heterocycles. The zero-order valence-electron chi connectivity index (χ0n) is 8.31. The van der Waals surface area contributed by atoms with Crippen LogP contribution in [0.5, 0.6) is 0 Å². The minimum Gasteiger partial charge on any atom is -0.480 e. The highest BCUT2D eigenvalue weighted by atomic mass is 32.2. The number of thiol groups is 1. The maximum atomic E-state index is 10.9. The van der Waals surface area contributed by atoms with Gasteiger partial charge in [0.2, 0.25) is 5.91 Å². The lowest BCUT2D eigenvalue weighted by Gasteiger charge is -2.13. The molecule has 5 nitrogen and oxygen atoms in total. The van der Waals surface area contributed by atoms with Crippen molar-refractivity contribution < 1.29 is 14.7 Å². The third-order valence-electron chi connectivity index (χ3n) is 1.59. The molecule has 0 radical (unpaired) electrons. The zero-order chi connectivity index (χ0) is 11.7. The summed E-state index contributed by atoms with van der Waals surface area (Å²) in [7, 11) is 0. The third-order valence-corrected chi connectivity index (χ3v) is 2.93. The summed E-state index contributed by atoms with van der Waals surface area (Å²) >= 11 is 5.33. The molecule has 1 unspecified atom stereocenters. The average Bonchev–Trinajstić information content (AvgIpc) is 2.21. The van der Waals surface area contributed by atoms with E-state index < -0.39 is 12.0 Å². The largest absolute Gasteiger partial charge is 0.480 e.